The zero-order valence-corrected chi connectivity index (χ0v) is 79.9. The molecule has 19 aromatic rings. The lowest BCUT2D eigenvalue weighted by molar-refractivity contribution is 0.569. The molecule has 2 aliphatic rings. The van der Waals surface area contributed by atoms with E-state index < -0.39 is 0 Å². The lowest BCUT2D eigenvalue weighted by atomic mass is 9.74. The molecule has 0 saturated carbocycles. The van der Waals surface area contributed by atoms with Crippen LogP contribution in [-0.4, -0.2) is 13.7 Å². The van der Waals surface area contributed by atoms with Crippen molar-refractivity contribution in [3.05, 3.63) is 352 Å². The number of aromatic nitrogens is 3. The van der Waals surface area contributed by atoms with E-state index in [1.165, 1.54) is 110 Å². The Kier molecular flexibility index (Phi) is 18.5. The Balaban J connectivity index is 0.925. The second-order valence-corrected chi connectivity index (χ2v) is 45.6. The fraction of sp³-hybridized carbons (Fsp3) is 0.268. The largest absolute Gasteiger partial charge is 0.452 e. The van der Waals surface area contributed by atoms with Crippen molar-refractivity contribution in [2.75, 3.05) is 9.80 Å². The van der Waals surface area contributed by atoms with Crippen LogP contribution in [0.5, 0.6) is 0 Å². The number of furan rings is 1. The van der Waals surface area contributed by atoms with E-state index in [0.717, 1.165) is 123 Å². The summed E-state index contributed by atoms with van der Waals surface area (Å²) >= 11 is 0. The number of hydrogen-bond donors (Lipinski definition) is 0. The highest BCUT2D eigenvalue weighted by Crippen LogP contribution is 2.64. The van der Waals surface area contributed by atoms with Gasteiger partial charge in [-0.15, -0.1) is 0 Å². The van der Waals surface area contributed by atoms with Crippen molar-refractivity contribution in [2.24, 2.45) is 0 Å². The maximum absolute atomic E-state index is 8.12. The average molecular weight is 1690 g/mol. The molecule has 644 valence electrons. The summed E-state index contributed by atoms with van der Waals surface area (Å²) in [4.78, 5) is 5.33. The summed E-state index contributed by atoms with van der Waals surface area (Å²) < 4.78 is 15.8. The third-order valence-electron chi connectivity index (χ3n) is 28.4. The molecule has 0 bridgehead atoms. The van der Waals surface area contributed by atoms with Crippen molar-refractivity contribution >= 4 is 121 Å². The van der Waals surface area contributed by atoms with Gasteiger partial charge in [0.15, 0.2) is 11.2 Å². The second-order valence-electron chi connectivity index (χ2n) is 45.6. The quantitative estimate of drug-likeness (QED) is 0.152. The van der Waals surface area contributed by atoms with Crippen molar-refractivity contribution in [2.45, 2.75) is 215 Å². The summed E-state index contributed by atoms with van der Waals surface area (Å²) in [6.45, 7) is 56.2. The van der Waals surface area contributed by atoms with Crippen LogP contribution < -0.4 is 9.80 Å². The van der Waals surface area contributed by atoms with Gasteiger partial charge in [0.25, 0.3) is 0 Å². The van der Waals surface area contributed by atoms with E-state index in [1.54, 1.807) is 0 Å². The third-order valence-corrected chi connectivity index (χ3v) is 28.4. The monoisotopic (exact) mass is 1680 g/mol. The van der Waals surface area contributed by atoms with Gasteiger partial charge < -0.3 is 27.9 Å². The van der Waals surface area contributed by atoms with E-state index >= 15 is 0 Å². The van der Waals surface area contributed by atoms with E-state index in [2.05, 4.69) is 481 Å². The number of fused-ring (bicyclic) bond motifs is 16. The van der Waals surface area contributed by atoms with Crippen LogP contribution in [0.4, 0.5) is 34.1 Å². The lowest BCUT2D eigenvalue weighted by Crippen LogP contribution is -2.30. The van der Waals surface area contributed by atoms with Crippen molar-refractivity contribution in [3.63, 3.8) is 0 Å². The minimum Gasteiger partial charge on any atom is -0.452 e. The molecule has 4 aromatic heterocycles. The first-order chi connectivity index (χ1) is 61.0. The van der Waals surface area contributed by atoms with Crippen molar-refractivity contribution in [3.8, 4) is 50.4 Å². The Morgan fingerprint density at radius 3 is 0.922 bits per heavy atom. The first-order valence-electron chi connectivity index (χ1n) is 46.7. The van der Waals surface area contributed by atoms with Gasteiger partial charge in [0, 0.05) is 65.9 Å². The number of para-hydroxylation sites is 2. The van der Waals surface area contributed by atoms with Gasteiger partial charge in [0.05, 0.1) is 72.9 Å². The van der Waals surface area contributed by atoms with Gasteiger partial charge in [-0.05, 0) is 266 Å². The number of anilines is 6. The molecule has 6 heteroatoms. The van der Waals surface area contributed by atoms with Crippen LogP contribution in [0, 0.1) is 0 Å². The molecule has 0 fully saturated rings. The SMILES string of the molecule is CC(C)(C)c1cc(-c2ccc3c(c2)N(c2cccc4c2oc2c(-n5c6ccc(C(C)(C)C)cc6c6cc(C(C)(C)C)ccc65)cccc24)c2cc(-n4c5ccc(C(C)(C)C)cc5c5cc(C(C)(C)C)ccc54)cc4c2C3c2ccc(-n3c5ccc(C(C)(C)C)cc5c5cc(C(C)(C)C)ccc53)cc2N4c2cc(-c3ccccc3)cc(-c3ccccc3)c2)cc(C(C)(C)C)c1. The predicted octanol–water partition coefficient (Wildman–Crippen LogP) is 35.0. The molecular formula is C123H121N5O. The molecule has 129 heavy (non-hydrogen) atoms. The van der Waals surface area contributed by atoms with Crippen LogP contribution in [0.25, 0.3) is 138 Å². The maximum Gasteiger partial charge on any atom is 0.159 e. The standard InChI is InChI=1S/C123H121N5O/c1-116(2,3)79-42-51-100-94(64-79)95-65-80(117(4,5)6)43-52-101(95)124(100)87-48-50-93-109(70-87)126(88-60-76(73-33-27-25-28-34-73)57-77(61-88)74-35-29-26-30-36-74)110-71-89(125-102-53-44-81(118(7,8)9)66-96(102)97-67-82(119(10,11)12)45-54-103(97)125)72-111-113(110)112(93)92-49-41-75(78-58-85(122(19,20)21)63-86(59-78)123(22,23)24)62-108(92)128(111)107-40-32-38-91-90-37-31-39-106(114(90)129-115(91)107)127-104-55-46-83(120(13,14)15)68-98(104)99-69-84(121(16,17)18)47-56-105(99)127/h25-72,112H,1-24H3. The summed E-state index contributed by atoms with van der Waals surface area (Å²) in [5, 5.41) is 9.53. The van der Waals surface area contributed by atoms with Crippen LogP contribution in [0.15, 0.2) is 296 Å². The molecule has 2 aliphatic heterocycles. The topological polar surface area (TPSA) is 34.4 Å². The number of benzene rings is 15. The zero-order chi connectivity index (χ0) is 90.4. The first kappa shape index (κ1) is 83.0. The zero-order valence-electron chi connectivity index (χ0n) is 79.9. The summed E-state index contributed by atoms with van der Waals surface area (Å²) in [5.41, 5.74) is 38.1. The van der Waals surface area contributed by atoms with Crippen LogP contribution >= 0.6 is 0 Å². The van der Waals surface area contributed by atoms with Gasteiger partial charge in [-0.1, -0.05) is 324 Å². The summed E-state index contributed by atoms with van der Waals surface area (Å²) in [5.74, 6) is -0.306. The predicted molar refractivity (Wildman–Crippen MR) is 553 cm³/mol. The summed E-state index contributed by atoms with van der Waals surface area (Å²) in [6.07, 6.45) is 0. The van der Waals surface area contributed by atoms with E-state index in [1.807, 2.05) is 0 Å². The molecule has 0 N–H and O–H groups in total. The number of nitrogens with zero attached hydrogens (tertiary/aromatic N) is 5. The molecule has 1 atom stereocenters. The van der Waals surface area contributed by atoms with E-state index in [0.29, 0.717) is 0 Å². The average Bonchev–Trinajstić information content (AvgIpc) is 1.57. The fourth-order valence-corrected chi connectivity index (χ4v) is 20.8. The Morgan fingerprint density at radius 2 is 0.527 bits per heavy atom. The van der Waals surface area contributed by atoms with Gasteiger partial charge >= 0.3 is 0 Å². The van der Waals surface area contributed by atoms with E-state index in [4.69, 9.17) is 4.42 Å². The Hall–Kier alpha value is -12.9. The van der Waals surface area contributed by atoms with Gasteiger partial charge in [0.2, 0.25) is 0 Å². The molecule has 0 saturated heterocycles. The van der Waals surface area contributed by atoms with Gasteiger partial charge in [-0.3, -0.25) is 0 Å². The summed E-state index contributed by atoms with van der Waals surface area (Å²) in [7, 11) is 0. The van der Waals surface area contributed by atoms with Crippen LogP contribution in [-0.2, 0) is 43.3 Å². The van der Waals surface area contributed by atoms with Crippen LogP contribution in [0.1, 0.15) is 233 Å². The molecular weight excluding hydrogens is 1560 g/mol. The molecule has 0 spiro atoms. The highest BCUT2D eigenvalue weighted by molar-refractivity contribution is 6.17. The molecule has 6 heterocycles. The van der Waals surface area contributed by atoms with E-state index in [9.17, 15) is 0 Å². The van der Waals surface area contributed by atoms with Crippen molar-refractivity contribution < 1.29 is 4.42 Å². The minimum atomic E-state index is -0.306. The molecule has 0 amide bonds. The summed E-state index contributed by atoms with van der Waals surface area (Å²) in [6, 6.07) is 114. The van der Waals surface area contributed by atoms with Gasteiger partial charge in [-0.2, -0.15) is 0 Å². The third kappa shape index (κ3) is 13.8. The lowest BCUT2D eigenvalue weighted by Gasteiger charge is -2.45. The molecule has 0 radical (unpaired) electrons. The smallest absolute Gasteiger partial charge is 0.159 e. The maximum atomic E-state index is 8.12. The van der Waals surface area contributed by atoms with Crippen LogP contribution in [0.3, 0.4) is 0 Å². The second kappa shape index (κ2) is 28.8. The van der Waals surface area contributed by atoms with Crippen LogP contribution in [0.2, 0.25) is 0 Å². The highest BCUT2D eigenvalue weighted by Gasteiger charge is 2.44. The molecule has 6 nitrogen and oxygen atoms in total. The molecule has 1 unspecified atom stereocenters. The first-order valence-corrected chi connectivity index (χ1v) is 46.7. The van der Waals surface area contributed by atoms with Gasteiger partial charge in [-0.25, -0.2) is 0 Å². The van der Waals surface area contributed by atoms with Crippen molar-refractivity contribution in [1.82, 2.24) is 13.7 Å². The Labute approximate surface area is 762 Å². The number of hydrogen-bond acceptors (Lipinski definition) is 3. The molecule has 0 aliphatic carbocycles. The minimum absolute atomic E-state index is 0.0684. The fourth-order valence-electron chi connectivity index (χ4n) is 20.8. The molecule has 21 rings (SSSR count). The van der Waals surface area contributed by atoms with E-state index in [-0.39, 0.29) is 49.2 Å². The Morgan fingerprint density at radius 1 is 0.194 bits per heavy atom. The molecule has 15 aromatic carbocycles. The van der Waals surface area contributed by atoms with Crippen molar-refractivity contribution in [1.29, 1.82) is 0 Å². The normalized spacial score (nSPS) is 14.2. The number of rotatable bonds is 8. The highest BCUT2D eigenvalue weighted by atomic mass is 16.3. The Bertz CT molecular complexity index is 7560. The van der Waals surface area contributed by atoms with Gasteiger partial charge in [0.1, 0.15) is 0 Å².